The number of anilines is 1. The van der Waals surface area contributed by atoms with Gasteiger partial charge in [0.05, 0.1) is 11.3 Å². The van der Waals surface area contributed by atoms with Crippen LogP contribution in [0.25, 0.3) is 0 Å². The first-order valence-electron chi connectivity index (χ1n) is 3.78. The molecule has 3 nitrogen and oxygen atoms in total. The van der Waals surface area contributed by atoms with Crippen LogP contribution in [-0.2, 0) is 4.79 Å². The molecule has 14 heavy (non-hydrogen) atoms. The Bertz CT molecular complexity index is 392. The number of carbonyl (C=O) groups is 2. The number of carbonyl (C=O) groups excluding carboxylic acids is 2. The smallest absolute Gasteiger partial charge is 0.254 e. The second kappa shape index (κ2) is 4.19. The Hall–Kier alpha value is -1.42. The summed E-state index contributed by atoms with van der Waals surface area (Å²) in [5.41, 5.74) is -0.234. The van der Waals surface area contributed by atoms with Gasteiger partial charge in [-0.1, -0.05) is 6.07 Å². The maximum atomic E-state index is 13.1. The van der Waals surface area contributed by atoms with Crippen molar-refractivity contribution in [3.63, 3.8) is 0 Å². The van der Waals surface area contributed by atoms with Crippen LogP contribution in [0.5, 0.6) is 0 Å². The van der Waals surface area contributed by atoms with Crippen LogP contribution in [0.2, 0.25) is 0 Å². The lowest BCUT2D eigenvalue weighted by atomic mass is 10.2. The number of halogens is 2. The summed E-state index contributed by atoms with van der Waals surface area (Å²) >= 11 is 5.21. The molecule has 0 unspecified atom stereocenters. The summed E-state index contributed by atoms with van der Waals surface area (Å²) in [6, 6.07) is 3.81. The van der Waals surface area contributed by atoms with E-state index in [0.717, 1.165) is 6.07 Å². The highest BCUT2D eigenvalue weighted by Gasteiger charge is 2.13. The van der Waals surface area contributed by atoms with E-state index < -0.39 is 17.0 Å². The third-order valence-corrected chi connectivity index (χ3v) is 1.73. The molecule has 0 aliphatic rings. The number of hydrogen-bond donors (Lipinski definition) is 1. The largest absolute Gasteiger partial charge is 0.323 e. The molecule has 1 aromatic carbocycles. The molecule has 0 aromatic heterocycles. The van der Waals surface area contributed by atoms with E-state index in [-0.39, 0.29) is 11.3 Å². The Morgan fingerprint density at radius 3 is 2.57 bits per heavy atom. The topological polar surface area (TPSA) is 46.2 Å². The van der Waals surface area contributed by atoms with E-state index in [1.165, 1.54) is 19.1 Å². The summed E-state index contributed by atoms with van der Waals surface area (Å²) in [6.45, 7) is 1.22. The van der Waals surface area contributed by atoms with E-state index in [1.54, 1.807) is 0 Å². The molecule has 1 rings (SSSR count). The molecule has 0 bridgehead atoms. The second-order valence-corrected chi connectivity index (χ2v) is 2.96. The van der Waals surface area contributed by atoms with Crippen molar-refractivity contribution in [3.05, 3.63) is 29.6 Å². The number of rotatable bonds is 2. The van der Waals surface area contributed by atoms with Crippen molar-refractivity contribution >= 4 is 28.4 Å². The van der Waals surface area contributed by atoms with Gasteiger partial charge in [0.2, 0.25) is 5.91 Å². The highest BCUT2D eigenvalue weighted by atomic mass is 35.5. The Balaban J connectivity index is 3.22. The minimum atomic E-state index is -0.812. The van der Waals surface area contributed by atoms with Gasteiger partial charge in [-0.15, -0.1) is 0 Å². The predicted molar refractivity (Wildman–Crippen MR) is 50.9 cm³/mol. The fourth-order valence-corrected chi connectivity index (χ4v) is 1.15. The minimum absolute atomic E-state index is 0.0538. The summed E-state index contributed by atoms with van der Waals surface area (Å²) in [5, 5.41) is 1.39. The van der Waals surface area contributed by atoms with Gasteiger partial charge < -0.3 is 5.32 Å². The monoisotopic (exact) mass is 215 g/mol. The van der Waals surface area contributed by atoms with Crippen LogP contribution in [-0.4, -0.2) is 11.1 Å². The summed E-state index contributed by atoms with van der Waals surface area (Å²) < 4.78 is 13.1. The lowest BCUT2D eigenvalue weighted by molar-refractivity contribution is -0.114. The molecule has 0 radical (unpaired) electrons. The lowest BCUT2D eigenvalue weighted by Gasteiger charge is -2.06. The molecular formula is C9H7ClFNO2. The van der Waals surface area contributed by atoms with Crippen molar-refractivity contribution in [2.24, 2.45) is 0 Å². The first-order valence-corrected chi connectivity index (χ1v) is 4.16. The van der Waals surface area contributed by atoms with E-state index in [4.69, 9.17) is 11.6 Å². The van der Waals surface area contributed by atoms with Gasteiger partial charge in [0.15, 0.2) is 0 Å². The third-order valence-electron chi connectivity index (χ3n) is 1.53. The summed E-state index contributed by atoms with van der Waals surface area (Å²) in [4.78, 5) is 21.6. The number of hydrogen-bond acceptors (Lipinski definition) is 2. The lowest BCUT2D eigenvalue weighted by Crippen LogP contribution is -2.11. The summed E-state index contributed by atoms with van der Waals surface area (Å²) in [5.74, 6) is -1.15. The number of nitrogens with one attached hydrogen (secondary N) is 1. The van der Waals surface area contributed by atoms with Crippen molar-refractivity contribution in [1.82, 2.24) is 0 Å². The van der Waals surface area contributed by atoms with E-state index in [0.29, 0.717) is 0 Å². The highest BCUT2D eigenvalue weighted by Crippen LogP contribution is 2.21. The van der Waals surface area contributed by atoms with Crippen LogP contribution in [0.15, 0.2) is 18.2 Å². The zero-order valence-corrected chi connectivity index (χ0v) is 8.06. The van der Waals surface area contributed by atoms with Crippen molar-refractivity contribution in [3.8, 4) is 0 Å². The van der Waals surface area contributed by atoms with Gasteiger partial charge in [-0.25, -0.2) is 4.39 Å². The molecule has 1 amide bonds. The average Bonchev–Trinajstić information content (AvgIpc) is 2.07. The molecule has 0 fully saturated rings. The molecule has 0 spiro atoms. The minimum Gasteiger partial charge on any atom is -0.323 e. The molecule has 74 valence electrons. The van der Waals surface area contributed by atoms with Crippen molar-refractivity contribution in [2.45, 2.75) is 6.92 Å². The molecule has 0 saturated carbocycles. The molecule has 0 saturated heterocycles. The van der Waals surface area contributed by atoms with Gasteiger partial charge in [0, 0.05) is 6.92 Å². The van der Waals surface area contributed by atoms with Crippen molar-refractivity contribution in [1.29, 1.82) is 0 Å². The molecule has 0 atom stereocenters. The van der Waals surface area contributed by atoms with E-state index in [1.807, 2.05) is 0 Å². The maximum absolute atomic E-state index is 13.1. The Kier molecular flexibility index (Phi) is 3.19. The van der Waals surface area contributed by atoms with Gasteiger partial charge in [-0.05, 0) is 23.7 Å². The Labute approximate surface area is 84.9 Å². The van der Waals surface area contributed by atoms with E-state index >= 15 is 0 Å². The van der Waals surface area contributed by atoms with Crippen LogP contribution in [0.3, 0.4) is 0 Å². The third kappa shape index (κ3) is 2.29. The van der Waals surface area contributed by atoms with E-state index in [2.05, 4.69) is 5.32 Å². The fraction of sp³-hybridized carbons (Fsp3) is 0.111. The van der Waals surface area contributed by atoms with Crippen LogP contribution >= 0.6 is 11.6 Å². The molecular weight excluding hydrogens is 209 g/mol. The van der Waals surface area contributed by atoms with Crippen LogP contribution in [0.1, 0.15) is 17.3 Å². The Morgan fingerprint density at radius 2 is 2.07 bits per heavy atom. The normalized spacial score (nSPS) is 9.64. The summed E-state index contributed by atoms with van der Waals surface area (Å²) in [6.07, 6.45) is 0. The first-order chi connectivity index (χ1) is 6.52. The molecule has 5 heteroatoms. The van der Waals surface area contributed by atoms with Crippen LogP contribution in [0, 0.1) is 5.82 Å². The predicted octanol–water partition coefficient (Wildman–Crippen LogP) is 2.16. The number of benzene rings is 1. The molecule has 0 heterocycles. The van der Waals surface area contributed by atoms with Gasteiger partial charge in [-0.3, -0.25) is 9.59 Å². The van der Waals surface area contributed by atoms with Gasteiger partial charge in [0.25, 0.3) is 5.24 Å². The maximum Gasteiger partial charge on any atom is 0.254 e. The van der Waals surface area contributed by atoms with E-state index in [9.17, 15) is 14.0 Å². The van der Waals surface area contributed by atoms with Crippen LogP contribution < -0.4 is 5.32 Å². The molecule has 0 aliphatic carbocycles. The fourth-order valence-electron chi connectivity index (χ4n) is 0.991. The Morgan fingerprint density at radius 1 is 1.43 bits per heavy atom. The first kappa shape index (κ1) is 10.7. The van der Waals surface area contributed by atoms with Crippen molar-refractivity contribution in [2.75, 3.05) is 5.32 Å². The van der Waals surface area contributed by atoms with Gasteiger partial charge >= 0.3 is 0 Å². The molecule has 1 aromatic rings. The van der Waals surface area contributed by atoms with Crippen molar-refractivity contribution < 1.29 is 14.0 Å². The van der Waals surface area contributed by atoms with Gasteiger partial charge in [0.1, 0.15) is 5.82 Å². The highest BCUT2D eigenvalue weighted by molar-refractivity contribution is 6.68. The summed E-state index contributed by atoms with van der Waals surface area (Å²) in [7, 11) is 0. The number of amides is 1. The second-order valence-electron chi connectivity index (χ2n) is 2.62. The number of para-hydroxylation sites is 1. The SMILES string of the molecule is CC(=O)Nc1c(F)cccc1C(=O)Cl. The average molecular weight is 216 g/mol. The standard InChI is InChI=1S/C9H7ClFNO2/c1-5(13)12-8-6(9(10)14)3-2-4-7(8)11/h2-4H,1H3,(H,12,13). The molecule has 1 N–H and O–H groups in total. The zero-order valence-electron chi connectivity index (χ0n) is 7.30. The van der Waals surface area contributed by atoms with Gasteiger partial charge in [-0.2, -0.15) is 0 Å². The molecule has 0 aliphatic heterocycles. The quantitative estimate of drug-likeness (QED) is 0.769. The van der Waals surface area contributed by atoms with Crippen LogP contribution in [0.4, 0.5) is 10.1 Å². The zero-order chi connectivity index (χ0) is 10.7.